The smallest absolute Gasteiger partial charge is 0.0248 e. The minimum Gasteiger partial charge on any atom is -0.0659 e. The van der Waals surface area contributed by atoms with Gasteiger partial charge in [0.05, 0.1) is 0 Å². The first-order valence-electron chi connectivity index (χ1n) is 5.91. The van der Waals surface area contributed by atoms with Gasteiger partial charge in [-0.3, -0.25) is 0 Å². The Kier molecular flexibility index (Phi) is 4.86. The second-order valence-corrected chi connectivity index (χ2v) is 4.32. The fourth-order valence-corrected chi connectivity index (χ4v) is 1.60. The molecule has 0 aliphatic rings. The highest BCUT2D eigenvalue weighted by atomic mass is 14.1. The molecule has 0 amide bonds. The Labute approximate surface area is 99.4 Å². The zero-order valence-electron chi connectivity index (χ0n) is 10.7. The van der Waals surface area contributed by atoms with Crippen LogP contribution in [0.3, 0.4) is 0 Å². The van der Waals surface area contributed by atoms with E-state index in [2.05, 4.69) is 39.5 Å². The van der Waals surface area contributed by atoms with E-state index in [0.717, 1.165) is 12.0 Å². The fourth-order valence-electron chi connectivity index (χ4n) is 1.60. The lowest BCUT2D eigenvalue weighted by atomic mass is 9.97. The highest BCUT2D eigenvalue weighted by Crippen LogP contribution is 2.16. The topological polar surface area (TPSA) is 0 Å². The average molecular weight is 212 g/mol. The van der Waals surface area contributed by atoms with E-state index in [4.69, 9.17) is 0 Å². The van der Waals surface area contributed by atoms with E-state index in [1.807, 2.05) is 30.3 Å². The summed E-state index contributed by atoms with van der Waals surface area (Å²) in [6.07, 6.45) is 1.08. The second-order valence-electron chi connectivity index (χ2n) is 4.32. The molecule has 16 heavy (non-hydrogen) atoms. The molecule has 0 nitrogen and oxygen atoms in total. The number of allylic oxidation sites excluding steroid dienone is 2. The summed E-state index contributed by atoms with van der Waals surface area (Å²) in [5.74, 6) is 7.06. The number of hydrogen-bond acceptors (Lipinski definition) is 0. The van der Waals surface area contributed by atoms with Gasteiger partial charge in [0.15, 0.2) is 0 Å². The Morgan fingerprint density at radius 1 is 1.19 bits per heavy atom. The maximum absolute atomic E-state index is 3.32. The first kappa shape index (κ1) is 12.6. The third kappa shape index (κ3) is 3.59. The van der Waals surface area contributed by atoms with E-state index in [1.54, 1.807) is 0 Å². The summed E-state index contributed by atoms with van der Waals surface area (Å²) < 4.78 is 0. The molecule has 0 radical (unpaired) electrons. The van der Waals surface area contributed by atoms with E-state index >= 15 is 0 Å². The predicted molar refractivity (Wildman–Crippen MR) is 71.1 cm³/mol. The van der Waals surface area contributed by atoms with Gasteiger partial charge in [0.25, 0.3) is 0 Å². The lowest BCUT2D eigenvalue weighted by molar-refractivity contribution is 0.778. The van der Waals surface area contributed by atoms with Crippen molar-refractivity contribution in [1.29, 1.82) is 0 Å². The summed E-state index contributed by atoms with van der Waals surface area (Å²) in [7, 11) is 0. The minimum absolute atomic E-state index is 0.510. The van der Waals surface area contributed by atoms with Gasteiger partial charge in [-0.2, -0.15) is 0 Å². The highest BCUT2D eigenvalue weighted by Gasteiger charge is 2.02. The highest BCUT2D eigenvalue weighted by molar-refractivity contribution is 5.42. The SMILES string of the molecule is CC/C(C)=C(/C#Cc1ccccc1)C(C)C. The molecule has 0 heterocycles. The van der Waals surface area contributed by atoms with E-state index in [-0.39, 0.29) is 0 Å². The molecule has 0 bridgehead atoms. The van der Waals surface area contributed by atoms with Crippen molar-refractivity contribution in [3.63, 3.8) is 0 Å². The molecule has 0 aromatic heterocycles. The molecule has 0 saturated heterocycles. The van der Waals surface area contributed by atoms with Gasteiger partial charge in [0.2, 0.25) is 0 Å². The van der Waals surface area contributed by atoms with Crippen LogP contribution in [0.1, 0.15) is 39.7 Å². The quantitative estimate of drug-likeness (QED) is 0.636. The van der Waals surface area contributed by atoms with Crippen molar-refractivity contribution < 1.29 is 0 Å². The summed E-state index contributed by atoms with van der Waals surface area (Å²) >= 11 is 0. The van der Waals surface area contributed by atoms with Crippen molar-refractivity contribution in [3.8, 4) is 11.8 Å². The maximum Gasteiger partial charge on any atom is 0.0248 e. The lowest BCUT2D eigenvalue weighted by Gasteiger charge is -2.08. The summed E-state index contributed by atoms with van der Waals surface area (Å²) in [5, 5.41) is 0. The molecule has 0 N–H and O–H groups in total. The average Bonchev–Trinajstić information content (AvgIpc) is 2.30. The third-order valence-corrected chi connectivity index (χ3v) is 2.68. The first-order chi connectivity index (χ1) is 7.65. The fraction of sp³-hybridized carbons (Fsp3) is 0.375. The molecule has 0 heteroatoms. The van der Waals surface area contributed by atoms with Gasteiger partial charge < -0.3 is 0 Å². The van der Waals surface area contributed by atoms with Crippen molar-refractivity contribution in [2.75, 3.05) is 0 Å². The summed E-state index contributed by atoms with van der Waals surface area (Å²) in [4.78, 5) is 0. The zero-order valence-corrected chi connectivity index (χ0v) is 10.7. The van der Waals surface area contributed by atoms with E-state index in [1.165, 1.54) is 11.1 Å². The van der Waals surface area contributed by atoms with Gasteiger partial charge >= 0.3 is 0 Å². The van der Waals surface area contributed by atoms with Crippen LogP contribution in [0.4, 0.5) is 0 Å². The number of hydrogen-bond donors (Lipinski definition) is 0. The largest absolute Gasteiger partial charge is 0.0659 e. The van der Waals surface area contributed by atoms with Crippen LogP contribution in [0.15, 0.2) is 41.5 Å². The molecule has 1 rings (SSSR count). The van der Waals surface area contributed by atoms with Crippen molar-refractivity contribution in [3.05, 3.63) is 47.0 Å². The van der Waals surface area contributed by atoms with Gasteiger partial charge in [-0.15, -0.1) is 0 Å². The molecule has 0 spiro atoms. The lowest BCUT2D eigenvalue weighted by Crippen LogP contribution is -1.95. The van der Waals surface area contributed by atoms with Crippen molar-refractivity contribution in [2.24, 2.45) is 5.92 Å². The van der Waals surface area contributed by atoms with Crippen LogP contribution in [0.5, 0.6) is 0 Å². The van der Waals surface area contributed by atoms with Gasteiger partial charge in [0, 0.05) is 11.1 Å². The van der Waals surface area contributed by atoms with Crippen LogP contribution in [-0.2, 0) is 0 Å². The molecule has 1 aromatic carbocycles. The molecular formula is C16H20. The second kappa shape index (κ2) is 6.18. The van der Waals surface area contributed by atoms with Crippen LogP contribution in [0, 0.1) is 17.8 Å². The van der Waals surface area contributed by atoms with Crippen molar-refractivity contribution >= 4 is 0 Å². The summed E-state index contributed by atoms with van der Waals surface area (Å²) in [6.45, 7) is 8.76. The Morgan fingerprint density at radius 2 is 1.81 bits per heavy atom. The zero-order chi connectivity index (χ0) is 12.0. The van der Waals surface area contributed by atoms with Crippen LogP contribution < -0.4 is 0 Å². The summed E-state index contributed by atoms with van der Waals surface area (Å²) in [6, 6.07) is 10.2. The normalized spacial score (nSPS) is 11.8. The monoisotopic (exact) mass is 212 g/mol. The number of rotatable bonds is 2. The number of benzene rings is 1. The van der Waals surface area contributed by atoms with Crippen molar-refractivity contribution in [1.82, 2.24) is 0 Å². The molecule has 0 aliphatic carbocycles. The molecule has 0 fully saturated rings. The Bertz CT molecular complexity index is 410. The predicted octanol–water partition coefficient (Wildman–Crippen LogP) is 4.42. The molecule has 0 atom stereocenters. The van der Waals surface area contributed by atoms with Gasteiger partial charge in [0.1, 0.15) is 0 Å². The molecule has 0 saturated carbocycles. The van der Waals surface area contributed by atoms with E-state index < -0.39 is 0 Å². The van der Waals surface area contributed by atoms with Crippen LogP contribution in [0.2, 0.25) is 0 Å². The standard InChI is InChI=1S/C16H20/c1-5-14(4)16(13(2)3)12-11-15-9-7-6-8-10-15/h6-10,13H,5H2,1-4H3/b16-14-. The molecule has 84 valence electrons. The Balaban J connectivity index is 2.99. The summed E-state index contributed by atoms with van der Waals surface area (Å²) in [5.41, 5.74) is 3.77. The Morgan fingerprint density at radius 3 is 2.31 bits per heavy atom. The van der Waals surface area contributed by atoms with E-state index in [9.17, 15) is 0 Å². The van der Waals surface area contributed by atoms with Gasteiger partial charge in [-0.05, 0) is 31.4 Å². The maximum atomic E-state index is 3.32. The first-order valence-corrected chi connectivity index (χ1v) is 5.91. The van der Waals surface area contributed by atoms with Crippen LogP contribution in [0.25, 0.3) is 0 Å². The van der Waals surface area contributed by atoms with Crippen molar-refractivity contribution in [2.45, 2.75) is 34.1 Å². The van der Waals surface area contributed by atoms with Gasteiger partial charge in [-0.1, -0.05) is 56.4 Å². The van der Waals surface area contributed by atoms with Crippen LogP contribution in [-0.4, -0.2) is 0 Å². The molecule has 0 aliphatic heterocycles. The van der Waals surface area contributed by atoms with E-state index in [0.29, 0.717) is 5.92 Å². The molecule has 1 aromatic rings. The third-order valence-electron chi connectivity index (χ3n) is 2.68. The molecule has 0 unspecified atom stereocenters. The minimum atomic E-state index is 0.510. The van der Waals surface area contributed by atoms with Crippen LogP contribution >= 0.6 is 0 Å². The molecular weight excluding hydrogens is 192 g/mol. The van der Waals surface area contributed by atoms with Gasteiger partial charge in [-0.25, -0.2) is 0 Å². The Hall–Kier alpha value is -1.48.